The van der Waals surface area contributed by atoms with Crippen LogP contribution in [-0.4, -0.2) is 89.4 Å². The van der Waals surface area contributed by atoms with Crippen LogP contribution in [0.25, 0.3) is 28.2 Å². The highest BCUT2D eigenvalue weighted by Gasteiger charge is 2.29. The van der Waals surface area contributed by atoms with E-state index in [-0.39, 0.29) is 65.3 Å². The Morgan fingerprint density at radius 3 is 2.40 bits per heavy atom. The second kappa shape index (κ2) is 20.9. The van der Waals surface area contributed by atoms with E-state index >= 15 is 4.39 Å². The maximum atomic E-state index is 15.7. The van der Waals surface area contributed by atoms with Crippen LogP contribution in [0.1, 0.15) is 86.6 Å². The zero-order chi connectivity index (χ0) is 48.1. The number of amides is 2. The van der Waals surface area contributed by atoms with E-state index in [4.69, 9.17) is 27.9 Å². The molecule has 1 aliphatic rings. The third kappa shape index (κ3) is 11.5. The smallest absolute Gasteiger partial charge is 0.348 e. The molecule has 19 heteroatoms. The summed E-state index contributed by atoms with van der Waals surface area (Å²) in [6, 6.07) is 15.8. The van der Waals surface area contributed by atoms with Crippen molar-refractivity contribution in [2.75, 3.05) is 25.0 Å². The number of H-pyrrole nitrogens is 2. The number of nitrogens with one attached hydrogen (secondary N) is 5. The quantitative estimate of drug-likeness (QED) is 0.0463. The SMILES string of the molecule is CC(C)Nc1cc(-c2c[nH]c(C(=O)N[C@@H](COC(=O)C(C)NC(=O)C3CCN(Cc4ccc(-n5c(-c6cc(C(C)C)c(O)cc6O)n[nH]c5=O)cc4F)CC3)c3cccc(Cl)c3)c2)c(Cl)cn1. The number of rotatable bonds is 16. The van der Waals surface area contributed by atoms with Crippen molar-refractivity contribution >= 4 is 46.8 Å². The highest BCUT2D eigenvalue weighted by atomic mass is 35.5. The number of aromatic hydroxyl groups is 2. The lowest BCUT2D eigenvalue weighted by atomic mass is 9.95. The summed E-state index contributed by atoms with van der Waals surface area (Å²) in [7, 11) is 0. The first-order chi connectivity index (χ1) is 31.9. The zero-order valence-electron chi connectivity index (χ0n) is 37.5. The molecular weight excluding hydrogens is 904 g/mol. The van der Waals surface area contributed by atoms with Gasteiger partial charge in [0, 0.05) is 58.7 Å². The van der Waals surface area contributed by atoms with Gasteiger partial charge in [-0.1, -0.05) is 55.2 Å². The Balaban J connectivity index is 0.925. The van der Waals surface area contributed by atoms with Gasteiger partial charge in [-0.15, -0.1) is 0 Å². The second-order valence-corrected chi connectivity index (χ2v) is 18.0. The van der Waals surface area contributed by atoms with Gasteiger partial charge in [0.2, 0.25) is 5.91 Å². The van der Waals surface area contributed by atoms with Gasteiger partial charge in [0.05, 0.1) is 22.3 Å². The molecule has 1 fully saturated rings. The van der Waals surface area contributed by atoms with Crippen molar-refractivity contribution in [2.24, 2.45) is 5.92 Å². The number of aromatic amines is 2. The number of pyridine rings is 1. The molecule has 6 aromatic rings. The molecule has 0 aliphatic carbocycles. The summed E-state index contributed by atoms with van der Waals surface area (Å²) in [6.07, 6.45) is 4.13. The van der Waals surface area contributed by atoms with E-state index in [0.717, 1.165) is 4.57 Å². The predicted molar refractivity (Wildman–Crippen MR) is 253 cm³/mol. The first-order valence-corrected chi connectivity index (χ1v) is 22.6. The predicted octanol–water partition coefficient (Wildman–Crippen LogP) is 7.85. The Labute approximate surface area is 395 Å². The number of ether oxygens (including phenoxy) is 1. The summed E-state index contributed by atoms with van der Waals surface area (Å²) in [4.78, 5) is 62.4. The van der Waals surface area contributed by atoms with E-state index in [1.807, 2.05) is 32.6 Å². The summed E-state index contributed by atoms with van der Waals surface area (Å²) in [5, 5.41) is 37.2. The van der Waals surface area contributed by atoms with Crippen molar-refractivity contribution in [1.29, 1.82) is 0 Å². The van der Waals surface area contributed by atoms with E-state index in [9.17, 15) is 29.4 Å². The number of piperidine rings is 1. The number of likely N-dealkylation sites (tertiary alicyclic amines) is 1. The third-order valence-corrected chi connectivity index (χ3v) is 12.1. The molecule has 16 nitrogen and oxygen atoms in total. The standard InChI is InChI=1S/C48H52Cl2FN9O7/c1-25(2)34-18-36(42(62)20-41(34)61)44-57-58-48(66)60(44)33-10-9-30(38(51)17-33)23-59-13-11-28(12-14-59)45(63)55-27(5)47(65)67-24-40(29-7-6-8-32(49)15-29)56-46(64)39-16-31(21-52-39)35-19-43(54-26(3)4)53-22-37(35)50/h6-10,15-22,25-28,40,52,61-62H,11-14,23-24H2,1-5H3,(H,53,54)(H,55,63)(H,56,64)(H,58,66)/t27?,40-/m0/s1. The number of hydrogen-bond acceptors (Lipinski definition) is 11. The van der Waals surface area contributed by atoms with E-state index in [1.165, 1.54) is 19.1 Å². The van der Waals surface area contributed by atoms with E-state index in [1.54, 1.807) is 67.0 Å². The molecule has 352 valence electrons. The lowest BCUT2D eigenvalue weighted by Gasteiger charge is -2.31. The molecule has 0 saturated carbocycles. The Morgan fingerprint density at radius 2 is 1.70 bits per heavy atom. The Bertz CT molecular complexity index is 2840. The fourth-order valence-electron chi connectivity index (χ4n) is 7.93. The van der Waals surface area contributed by atoms with Crippen LogP contribution in [0.2, 0.25) is 10.0 Å². The van der Waals surface area contributed by atoms with Gasteiger partial charge in [0.1, 0.15) is 41.5 Å². The number of carbonyl (C=O) groups is 3. The van der Waals surface area contributed by atoms with Crippen LogP contribution in [0.5, 0.6) is 11.5 Å². The van der Waals surface area contributed by atoms with Crippen molar-refractivity contribution in [1.82, 2.24) is 40.3 Å². The highest BCUT2D eigenvalue weighted by Crippen LogP contribution is 2.38. The molecule has 3 aromatic heterocycles. The van der Waals surface area contributed by atoms with Crippen molar-refractivity contribution in [3.8, 4) is 39.7 Å². The van der Waals surface area contributed by atoms with Crippen LogP contribution in [0.3, 0.4) is 0 Å². The summed E-state index contributed by atoms with van der Waals surface area (Å²) < 4.78 is 22.5. The van der Waals surface area contributed by atoms with Gasteiger partial charge in [-0.3, -0.25) is 14.5 Å². The van der Waals surface area contributed by atoms with Crippen LogP contribution in [0, 0.1) is 11.7 Å². The molecule has 2 atom stereocenters. The number of nitrogens with zero attached hydrogens (tertiary/aromatic N) is 4. The number of phenolic OH excluding ortho intramolecular Hbond substituents is 2. The number of carbonyl (C=O) groups excluding carboxylic acids is 3. The minimum Gasteiger partial charge on any atom is -0.508 e. The minimum absolute atomic E-state index is 0.0510. The normalized spacial score (nSPS) is 14.2. The van der Waals surface area contributed by atoms with Gasteiger partial charge < -0.3 is 35.9 Å². The van der Waals surface area contributed by atoms with Crippen LogP contribution in [0.4, 0.5) is 10.2 Å². The van der Waals surface area contributed by atoms with Gasteiger partial charge in [0.15, 0.2) is 5.82 Å². The molecule has 0 bridgehead atoms. The Hall–Kier alpha value is -6.69. The van der Waals surface area contributed by atoms with E-state index in [0.29, 0.717) is 69.6 Å². The van der Waals surface area contributed by atoms with Gasteiger partial charge in [0.25, 0.3) is 5.91 Å². The Morgan fingerprint density at radius 1 is 0.940 bits per heavy atom. The lowest BCUT2D eigenvalue weighted by molar-refractivity contribution is -0.148. The second-order valence-electron chi connectivity index (χ2n) is 17.2. The maximum Gasteiger partial charge on any atom is 0.348 e. The summed E-state index contributed by atoms with van der Waals surface area (Å²) in [5.74, 6) is -2.24. The minimum atomic E-state index is -1.00. The summed E-state index contributed by atoms with van der Waals surface area (Å²) in [6.45, 7) is 10.2. The average molecular weight is 957 g/mol. The summed E-state index contributed by atoms with van der Waals surface area (Å²) >= 11 is 12.8. The van der Waals surface area contributed by atoms with Gasteiger partial charge in [-0.05, 0) is 106 Å². The fourth-order valence-corrected chi connectivity index (χ4v) is 8.34. The monoisotopic (exact) mass is 955 g/mol. The van der Waals surface area contributed by atoms with Crippen molar-refractivity contribution in [3.63, 3.8) is 0 Å². The maximum absolute atomic E-state index is 15.7. The molecule has 0 spiro atoms. The number of benzene rings is 3. The first kappa shape index (κ1) is 48.2. The van der Waals surface area contributed by atoms with Gasteiger partial charge >= 0.3 is 11.7 Å². The number of aromatic nitrogens is 5. The van der Waals surface area contributed by atoms with Gasteiger partial charge in [-0.2, -0.15) is 5.10 Å². The zero-order valence-corrected chi connectivity index (χ0v) is 39.0. The molecule has 1 unspecified atom stereocenters. The molecule has 7 rings (SSSR count). The van der Waals surface area contributed by atoms with Crippen LogP contribution in [-0.2, 0) is 20.9 Å². The highest BCUT2D eigenvalue weighted by molar-refractivity contribution is 6.33. The molecular formula is C48H52Cl2FN9O7. The molecule has 2 amide bonds. The molecule has 0 radical (unpaired) electrons. The van der Waals surface area contributed by atoms with Gasteiger partial charge in [-0.25, -0.2) is 28.6 Å². The molecule has 7 N–H and O–H groups in total. The number of halogens is 3. The summed E-state index contributed by atoms with van der Waals surface area (Å²) in [5.41, 5.74) is 2.83. The van der Waals surface area contributed by atoms with Crippen LogP contribution in [0.15, 0.2) is 83.9 Å². The number of esters is 1. The van der Waals surface area contributed by atoms with Crippen molar-refractivity contribution < 1.29 is 33.7 Å². The molecule has 1 aliphatic heterocycles. The number of hydrogen-bond donors (Lipinski definition) is 7. The topological polar surface area (TPSA) is 220 Å². The molecule has 1 saturated heterocycles. The average Bonchev–Trinajstić information content (AvgIpc) is 3.93. The third-order valence-electron chi connectivity index (χ3n) is 11.5. The van der Waals surface area contributed by atoms with Crippen LogP contribution < -0.4 is 21.6 Å². The Kier molecular flexibility index (Phi) is 15.0. The number of anilines is 1. The molecule has 4 heterocycles. The molecule has 3 aromatic carbocycles. The molecule has 67 heavy (non-hydrogen) atoms. The number of phenols is 2. The lowest BCUT2D eigenvalue weighted by Crippen LogP contribution is -2.46. The van der Waals surface area contributed by atoms with Crippen LogP contribution >= 0.6 is 23.2 Å². The van der Waals surface area contributed by atoms with Crippen molar-refractivity contribution in [2.45, 2.75) is 78.0 Å². The fraction of sp³-hybridized carbons (Fsp3) is 0.333. The van der Waals surface area contributed by atoms with E-state index < -0.39 is 41.4 Å². The first-order valence-electron chi connectivity index (χ1n) is 21.8. The van der Waals surface area contributed by atoms with E-state index in [2.05, 4.69) is 36.1 Å². The largest absolute Gasteiger partial charge is 0.508 e. The van der Waals surface area contributed by atoms with Crippen molar-refractivity contribution in [3.05, 3.63) is 128 Å².